The Kier molecular flexibility index (Phi) is 6.28. The van der Waals surface area contributed by atoms with Crippen LogP contribution in [0.25, 0.3) is 0 Å². The molecule has 0 spiro atoms. The largest absolute Gasteiger partial charge is 0.444 e. The molecular weight excluding hydrogens is 204 g/mol. The molecule has 2 N–H and O–H groups in total. The molecule has 0 saturated heterocycles. The van der Waals surface area contributed by atoms with Crippen LogP contribution in [0.15, 0.2) is 12.7 Å². The van der Waals surface area contributed by atoms with Gasteiger partial charge in [0, 0.05) is 6.54 Å². The van der Waals surface area contributed by atoms with E-state index in [1.54, 1.807) is 6.08 Å². The highest BCUT2D eigenvalue weighted by Gasteiger charge is 2.17. The predicted octanol–water partition coefficient (Wildman–Crippen LogP) is 1.29. The zero-order valence-corrected chi connectivity index (χ0v) is 10.2. The number of hydrogen-bond acceptors (Lipinski definition) is 3. The monoisotopic (exact) mass is 224 g/mol. The van der Waals surface area contributed by atoms with Crippen molar-refractivity contribution >= 4 is 6.09 Å². The average molecular weight is 224 g/mol. The number of ether oxygens (including phenoxy) is 1. The normalized spacial score (nSPS) is 12.4. The van der Waals surface area contributed by atoms with Gasteiger partial charge in [0.1, 0.15) is 5.60 Å². The topological polar surface area (TPSA) is 50.4 Å². The number of carbonyl (C=O) groups excluding carboxylic acids is 1. The van der Waals surface area contributed by atoms with Gasteiger partial charge in [-0.1, -0.05) is 12.0 Å². The lowest BCUT2D eigenvalue weighted by molar-refractivity contribution is 0.0514. The van der Waals surface area contributed by atoms with Gasteiger partial charge in [-0.2, -0.15) is 0 Å². The van der Waals surface area contributed by atoms with E-state index in [4.69, 9.17) is 11.2 Å². The van der Waals surface area contributed by atoms with E-state index in [1.807, 2.05) is 20.8 Å². The van der Waals surface area contributed by atoms with Crippen LogP contribution in [0.3, 0.4) is 0 Å². The quantitative estimate of drug-likeness (QED) is 0.420. The smallest absolute Gasteiger partial charge is 0.408 e. The van der Waals surface area contributed by atoms with E-state index in [0.29, 0.717) is 13.1 Å². The van der Waals surface area contributed by atoms with Crippen LogP contribution in [0.1, 0.15) is 20.8 Å². The summed E-state index contributed by atoms with van der Waals surface area (Å²) in [5.41, 5.74) is -0.498. The van der Waals surface area contributed by atoms with Crippen LogP contribution in [-0.4, -0.2) is 30.8 Å². The van der Waals surface area contributed by atoms with Crippen LogP contribution in [0.2, 0.25) is 0 Å². The van der Waals surface area contributed by atoms with Gasteiger partial charge in [0.05, 0.1) is 12.6 Å². The highest BCUT2D eigenvalue weighted by molar-refractivity contribution is 5.68. The average Bonchev–Trinajstić information content (AvgIpc) is 2.13. The fourth-order valence-corrected chi connectivity index (χ4v) is 0.952. The Morgan fingerprint density at radius 3 is 2.69 bits per heavy atom. The minimum absolute atomic E-state index is 0.191. The Labute approximate surface area is 97.4 Å². The Morgan fingerprint density at radius 2 is 2.25 bits per heavy atom. The maximum absolute atomic E-state index is 11.4. The number of alkyl carbamates (subject to hydrolysis) is 1. The minimum atomic E-state index is -0.498. The molecule has 4 nitrogen and oxygen atoms in total. The van der Waals surface area contributed by atoms with E-state index in [1.165, 1.54) is 0 Å². The second kappa shape index (κ2) is 6.91. The lowest BCUT2D eigenvalue weighted by Crippen LogP contribution is -2.43. The number of carbonyl (C=O) groups is 1. The van der Waals surface area contributed by atoms with Crippen molar-refractivity contribution in [3.05, 3.63) is 12.7 Å². The van der Waals surface area contributed by atoms with Crippen LogP contribution in [-0.2, 0) is 4.74 Å². The molecule has 0 aliphatic carbocycles. The van der Waals surface area contributed by atoms with Crippen molar-refractivity contribution in [1.29, 1.82) is 0 Å². The molecule has 0 bridgehead atoms. The van der Waals surface area contributed by atoms with Crippen LogP contribution in [0.5, 0.6) is 0 Å². The lowest BCUT2D eigenvalue weighted by atomic mass is 10.2. The van der Waals surface area contributed by atoms with Gasteiger partial charge in [-0.25, -0.2) is 4.79 Å². The molecule has 1 amide bonds. The van der Waals surface area contributed by atoms with Gasteiger partial charge in [0.2, 0.25) is 0 Å². The maximum Gasteiger partial charge on any atom is 0.408 e. The molecule has 0 unspecified atom stereocenters. The van der Waals surface area contributed by atoms with Gasteiger partial charge >= 0.3 is 6.09 Å². The minimum Gasteiger partial charge on any atom is -0.444 e. The Morgan fingerprint density at radius 1 is 1.62 bits per heavy atom. The molecule has 0 radical (unpaired) electrons. The van der Waals surface area contributed by atoms with E-state index in [-0.39, 0.29) is 6.04 Å². The van der Waals surface area contributed by atoms with Crippen molar-refractivity contribution in [3.8, 4) is 12.3 Å². The number of amides is 1. The van der Waals surface area contributed by atoms with Crippen molar-refractivity contribution in [2.75, 3.05) is 13.1 Å². The molecule has 0 heterocycles. The first-order valence-electron chi connectivity index (χ1n) is 5.15. The number of terminal acetylenes is 1. The molecule has 0 aliphatic heterocycles. The predicted molar refractivity (Wildman–Crippen MR) is 65.1 cm³/mol. The molecule has 90 valence electrons. The highest BCUT2D eigenvalue weighted by atomic mass is 16.6. The summed E-state index contributed by atoms with van der Waals surface area (Å²) < 4.78 is 5.11. The molecule has 0 saturated carbocycles. The fraction of sp³-hybridized carbons (Fsp3) is 0.583. The maximum atomic E-state index is 11.4. The van der Waals surface area contributed by atoms with E-state index < -0.39 is 11.7 Å². The molecular formula is C12H20N2O2. The summed E-state index contributed by atoms with van der Waals surface area (Å²) in [4.78, 5) is 11.4. The van der Waals surface area contributed by atoms with Crippen molar-refractivity contribution in [2.45, 2.75) is 32.4 Å². The summed E-state index contributed by atoms with van der Waals surface area (Å²) in [6, 6.07) is -0.191. The van der Waals surface area contributed by atoms with Gasteiger partial charge in [0.25, 0.3) is 0 Å². The fourth-order valence-electron chi connectivity index (χ4n) is 0.952. The number of rotatable bonds is 5. The summed E-state index contributed by atoms with van der Waals surface area (Å²) in [6.45, 7) is 10.1. The van der Waals surface area contributed by atoms with E-state index in [2.05, 4.69) is 23.1 Å². The molecule has 0 aromatic heterocycles. The first-order valence-corrected chi connectivity index (χ1v) is 5.15. The first-order chi connectivity index (χ1) is 7.39. The molecule has 0 aromatic carbocycles. The summed E-state index contributed by atoms with van der Waals surface area (Å²) in [7, 11) is 0. The molecule has 4 heteroatoms. The molecule has 0 aliphatic rings. The molecule has 0 aromatic rings. The van der Waals surface area contributed by atoms with Gasteiger partial charge in [-0.3, -0.25) is 0 Å². The summed E-state index contributed by atoms with van der Waals surface area (Å²) in [5.74, 6) is 2.45. The van der Waals surface area contributed by atoms with Gasteiger partial charge in [-0.15, -0.1) is 13.0 Å². The van der Waals surface area contributed by atoms with Crippen molar-refractivity contribution in [1.82, 2.24) is 10.6 Å². The second-order valence-corrected chi connectivity index (χ2v) is 4.32. The van der Waals surface area contributed by atoms with Gasteiger partial charge in [0.15, 0.2) is 0 Å². The lowest BCUT2D eigenvalue weighted by Gasteiger charge is -2.22. The van der Waals surface area contributed by atoms with Gasteiger partial charge in [-0.05, 0) is 20.8 Å². The second-order valence-electron chi connectivity index (χ2n) is 4.32. The summed E-state index contributed by atoms with van der Waals surface area (Å²) in [5, 5.41) is 5.65. The van der Waals surface area contributed by atoms with E-state index in [0.717, 1.165) is 0 Å². The third-order valence-corrected chi connectivity index (χ3v) is 1.58. The van der Waals surface area contributed by atoms with Crippen LogP contribution < -0.4 is 10.6 Å². The third kappa shape index (κ3) is 7.89. The van der Waals surface area contributed by atoms with Gasteiger partial charge < -0.3 is 15.4 Å². The zero-order valence-electron chi connectivity index (χ0n) is 10.2. The Bertz CT molecular complexity index is 274. The molecule has 0 rings (SSSR count). The number of nitrogens with one attached hydrogen (secondary N) is 2. The first kappa shape index (κ1) is 14.5. The molecule has 0 fully saturated rings. The molecule has 16 heavy (non-hydrogen) atoms. The third-order valence-electron chi connectivity index (χ3n) is 1.58. The van der Waals surface area contributed by atoms with Crippen molar-refractivity contribution in [2.24, 2.45) is 0 Å². The van der Waals surface area contributed by atoms with E-state index >= 15 is 0 Å². The summed E-state index contributed by atoms with van der Waals surface area (Å²) >= 11 is 0. The Balaban J connectivity index is 3.98. The van der Waals surface area contributed by atoms with E-state index in [9.17, 15) is 4.79 Å². The highest BCUT2D eigenvalue weighted by Crippen LogP contribution is 2.06. The standard InChI is InChI=1S/C12H20N2O2/c1-6-8-13-9-10(7-2)14-11(15)16-12(3,4)5/h1,7,10,13H,2,8-9H2,3-5H3,(H,14,15)/t10-/m0/s1. The molecule has 1 atom stereocenters. The summed E-state index contributed by atoms with van der Waals surface area (Å²) in [6.07, 6.45) is 6.26. The number of hydrogen-bond donors (Lipinski definition) is 2. The van der Waals surface area contributed by atoms with Crippen LogP contribution in [0, 0.1) is 12.3 Å². The van der Waals surface area contributed by atoms with Crippen LogP contribution >= 0.6 is 0 Å². The van der Waals surface area contributed by atoms with Crippen LogP contribution in [0.4, 0.5) is 4.79 Å². The van der Waals surface area contributed by atoms with Crippen molar-refractivity contribution in [3.63, 3.8) is 0 Å². The van der Waals surface area contributed by atoms with Crippen molar-refractivity contribution < 1.29 is 9.53 Å². The Hall–Kier alpha value is -1.47. The SMILES string of the molecule is C#CCNC[C@H](C=C)NC(=O)OC(C)(C)C. The zero-order chi connectivity index (χ0) is 12.6.